The fraction of sp³-hybridized carbons (Fsp3) is 0.625. The summed E-state index contributed by atoms with van der Waals surface area (Å²) >= 11 is 0. The maximum atomic E-state index is 5.94. The molecule has 0 unspecified atom stereocenters. The van der Waals surface area contributed by atoms with Crippen molar-refractivity contribution < 1.29 is 4.74 Å². The van der Waals surface area contributed by atoms with E-state index in [9.17, 15) is 0 Å². The highest BCUT2D eigenvalue weighted by atomic mass is 16.5. The lowest BCUT2D eigenvalue weighted by molar-refractivity contribution is -0.0292. The van der Waals surface area contributed by atoms with Crippen molar-refractivity contribution in [3.8, 4) is 0 Å². The van der Waals surface area contributed by atoms with E-state index in [-0.39, 0.29) is 5.60 Å². The first kappa shape index (κ1) is 13.6. The Balaban J connectivity index is 1.88. The summed E-state index contributed by atoms with van der Waals surface area (Å²) in [4.78, 5) is 2.56. The van der Waals surface area contributed by atoms with Gasteiger partial charge in [-0.15, -0.1) is 0 Å². The summed E-state index contributed by atoms with van der Waals surface area (Å²) in [6, 6.07) is 11.3. The van der Waals surface area contributed by atoms with E-state index in [1.54, 1.807) is 0 Å². The highest BCUT2D eigenvalue weighted by Crippen LogP contribution is 2.21. The topological polar surface area (TPSA) is 12.5 Å². The van der Waals surface area contributed by atoms with Crippen LogP contribution in [-0.4, -0.2) is 29.7 Å². The minimum absolute atomic E-state index is 0.0268. The molecule has 0 saturated carbocycles. The number of ether oxygens (including phenoxy) is 1. The van der Waals surface area contributed by atoms with Crippen LogP contribution in [0.3, 0.4) is 0 Å². The van der Waals surface area contributed by atoms with E-state index >= 15 is 0 Å². The minimum atomic E-state index is -0.0268. The highest BCUT2D eigenvalue weighted by Gasteiger charge is 2.26. The van der Waals surface area contributed by atoms with Gasteiger partial charge < -0.3 is 4.74 Å². The molecule has 2 nitrogen and oxygen atoms in total. The summed E-state index contributed by atoms with van der Waals surface area (Å²) in [5.74, 6) is 0. The third-order valence-corrected chi connectivity index (χ3v) is 3.44. The lowest BCUT2D eigenvalue weighted by Crippen LogP contribution is -2.35. The lowest BCUT2D eigenvalue weighted by atomic mass is 10.1. The van der Waals surface area contributed by atoms with Gasteiger partial charge in [-0.05, 0) is 45.7 Å². The summed E-state index contributed by atoms with van der Waals surface area (Å²) in [7, 11) is 0. The second kappa shape index (κ2) is 5.85. The molecule has 1 aliphatic rings. The predicted molar refractivity (Wildman–Crippen MR) is 75.6 cm³/mol. The molecule has 0 spiro atoms. The van der Waals surface area contributed by atoms with Crippen molar-refractivity contribution >= 4 is 0 Å². The van der Waals surface area contributed by atoms with E-state index in [0.717, 1.165) is 13.2 Å². The van der Waals surface area contributed by atoms with Crippen LogP contribution in [0.4, 0.5) is 0 Å². The van der Waals surface area contributed by atoms with E-state index in [4.69, 9.17) is 4.74 Å². The molecule has 1 fully saturated rings. The number of rotatable bonds is 4. The maximum Gasteiger partial charge on any atom is 0.0629 e. The van der Waals surface area contributed by atoms with E-state index in [1.807, 2.05) is 0 Å². The van der Waals surface area contributed by atoms with E-state index in [1.165, 1.54) is 24.9 Å². The van der Waals surface area contributed by atoms with Crippen LogP contribution in [0.25, 0.3) is 0 Å². The number of benzene rings is 1. The fourth-order valence-electron chi connectivity index (χ4n) is 2.46. The molecule has 0 bridgehead atoms. The van der Waals surface area contributed by atoms with Crippen LogP contribution in [0.15, 0.2) is 30.3 Å². The molecule has 2 heteroatoms. The van der Waals surface area contributed by atoms with Crippen molar-refractivity contribution in [1.29, 1.82) is 0 Å². The molecule has 1 atom stereocenters. The first-order valence-corrected chi connectivity index (χ1v) is 6.96. The number of likely N-dealkylation sites (tertiary alicyclic amines) is 1. The zero-order chi connectivity index (χ0) is 13.0. The number of hydrogen-bond acceptors (Lipinski definition) is 2. The Morgan fingerprint density at radius 3 is 2.61 bits per heavy atom. The van der Waals surface area contributed by atoms with Gasteiger partial charge in [-0.3, -0.25) is 4.90 Å². The normalized spacial score (nSPS) is 21.4. The van der Waals surface area contributed by atoms with Gasteiger partial charge in [0.1, 0.15) is 0 Å². The van der Waals surface area contributed by atoms with E-state index < -0.39 is 0 Å². The van der Waals surface area contributed by atoms with E-state index in [2.05, 4.69) is 56.0 Å². The zero-order valence-corrected chi connectivity index (χ0v) is 11.9. The summed E-state index contributed by atoms with van der Waals surface area (Å²) < 4.78 is 5.94. The van der Waals surface area contributed by atoms with Gasteiger partial charge in [-0.1, -0.05) is 30.3 Å². The first-order chi connectivity index (χ1) is 8.54. The Morgan fingerprint density at radius 1 is 1.22 bits per heavy atom. The molecule has 1 aromatic rings. The molecule has 18 heavy (non-hydrogen) atoms. The molecule has 0 N–H and O–H groups in total. The molecule has 1 aromatic carbocycles. The second-order valence-corrected chi connectivity index (χ2v) is 6.18. The standard InChI is InChI=1S/C16H25NO/c1-16(2,3)18-13-15-10-7-11-17(15)12-14-8-5-4-6-9-14/h4-6,8-9,15H,7,10-13H2,1-3H3/t15-/m0/s1. The van der Waals surface area contributed by atoms with Gasteiger partial charge in [-0.25, -0.2) is 0 Å². The largest absolute Gasteiger partial charge is 0.374 e. The zero-order valence-electron chi connectivity index (χ0n) is 11.9. The Labute approximate surface area is 111 Å². The summed E-state index contributed by atoms with van der Waals surface area (Å²) in [5.41, 5.74) is 1.38. The van der Waals surface area contributed by atoms with Crippen molar-refractivity contribution in [3.63, 3.8) is 0 Å². The first-order valence-electron chi connectivity index (χ1n) is 6.96. The molecule has 0 aromatic heterocycles. The predicted octanol–water partition coefficient (Wildman–Crippen LogP) is 3.47. The second-order valence-electron chi connectivity index (χ2n) is 6.18. The van der Waals surface area contributed by atoms with Crippen molar-refractivity contribution in [1.82, 2.24) is 4.90 Å². The van der Waals surface area contributed by atoms with Gasteiger partial charge in [0.15, 0.2) is 0 Å². The Morgan fingerprint density at radius 2 is 1.94 bits per heavy atom. The molecule has 0 radical (unpaired) electrons. The van der Waals surface area contributed by atoms with Crippen LogP contribution in [0, 0.1) is 0 Å². The molecule has 1 heterocycles. The smallest absolute Gasteiger partial charge is 0.0629 e. The number of hydrogen-bond donors (Lipinski definition) is 0. The number of nitrogens with zero attached hydrogens (tertiary/aromatic N) is 1. The van der Waals surface area contributed by atoms with Gasteiger partial charge in [-0.2, -0.15) is 0 Å². The average molecular weight is 247 g/mol. The molecule has 1 saturated heterocycles. The molecule has 2 rings (SSSR count). The summed E-state index contributed by atoms with van der Waals surface area (Å²) in [5, 5.41) is 0. The lowest BCUT2D eigenvalue weighted by Gasteiger charge is -2.28. The van der Waals surface area contributed by atoms with Crippen LogP contribution >= 0.6 is 0 Å². The molecule has 1 aliphatic heterocycles. The van der Waals surface area contributed by atoms with Crippen LogP contribution in [0.5, 0.6) is 0 Å². The summed E-state index contributed by atoms with van der Waals surface area (Å²) in [6.45, 7) is 9.50. The van der Waals surface area contributed by atoms with Gasteiger partial charge >= 0.3 is 0 Å². The van der Waals surface area contributed by atoms with Crippen LogP contribution in [0.2, 0.25) is 0 Å². The van der Waals surface area contributed by atoms with Crippen LogP contribution in [0.1, 0.15) is 39.2 Å². The Bertz CT molecular complexity index is 355. The van der Waals surface area contributed by atoms with Crippen molar-refractivity contribution in [2.75, 3.05) is 13.2 Å². The van der Waals surface area contributed by atoms with Gasteiger partial charge in [0.05, 0.1) is 12.2 Å². The fourth-order valence-corrected chi connectivity index (χ4v) is 2.46. The molecule has 100 valence electrons. The SMILES string of the molecule is CC(C)(C)OC[C@@H]1CCCN1Cc1ccccc1. The summed E-state index contributed by atoms with van der Waals surface area (Å²) in [6.07, 6.45) is 2.56. The third-order valence-electron chi connectivity index (χ3n) is 3.44. The maximum absolute atomic E-state index is 5.94. The third kappa shape index (κ3) is 4.11. The molecule has 0 amide bonds. The molecule has 0 aliphatic carbocycles. The quantitative estimate of drug-likeness (QED) is 0.808. The Hall–Kier alpha value is -0.860. The van der Waals surface area contributed by atoms with Crippen molar-refractivity contribution in [3.05, 3.63) is 35.9 Å². The molecular weight excluding hydrogens is 222 g/mol. The van der Waals surface area contributed by atoms with Crippen LogP contribution in [-0.2, 0) is 11.3 Å². The molecular formula is C16H25NO. The van der Waals surface area contributed by atoms with Crippen molar-refractivity contribution in [2.24, 2.45) is 0 Å². The van der Waals surface area contributed by atoms with Gasteiger partial charge in [0, 0.05) is 12.6 Å². The minimum Gasteiger partial charge on any atom is -0.374 e. The van der Waals surface area contributed by atoms with Crippen LogP contribution < -0.4 is 0 Å². The monoisotopic (exact) mass is 247 g/mol. The van der Waals surface area contributed by atoms with E-state index in [0.29, 0.717) is 6.04 Å². The average Bonchev–Trinajstić information content (AvgIpc) is 2.74. The van der Waals surface area contributed by atoms with Gasteiger partial charge in [0.25, 0.3) is 0 Å². The van der Waals surface area contributed by atoms with Gasteiger partial charge in [0.2, 0.25) is 0 Å². The Kier molecular flexibility index (Phi) is 4.41. The van der Waals surface area contributed by atoms with Crippen molar-refractivity contribution in [2.45, 2.75) is 51.8 Å². The highest BCUT2D eigenvalue weighted by molar-refractivity contribution is 5.14.